The van der Waals surface area contributed by atoms with Gasteiger partial charge < -0.3 is 5.73 Å². The highest BCUT2D eigenvalue weighted by molar-refractivity contribution is 7.92. The summed E-state index contributed by atoms with van der Waals surface area (Å²) in [6, 6.07) is 5.26. The van der Waals surface area contributed by atoms with Crippen LogP contribution in [0.1, 0.15) is 5.56 Å². The molecule has 0 fully saturated rings. The average Bonchev–Trinajstić information content (AvgIpc) is 2.29. The van der Waals surface area contributed by atoms with Crippen LogP contribution < -0.4 is 10.5 Å². The third kappa shape index (κ3) is 4.06. The lowest BCUT2D eigenvalue weighted by Gasteiger charge is -2.06. The monoisotopic (exact) mass is 267 g/mol. The molecule has 0 heterocycles. The van der Waals surface area contributed by atoms with Gasteiger partial charge in [0.25, 0.3) is 0 Å². The van der Waals surface area contributed by atoms with E-state index in [-0.39, 0.29) is 12.2 Å². The Balaban J connectivity index is 2.97. The molecule has 0 saturated carbocycles. The zero-order valence-corrected chi connectivity index (χ0v) is 10.1. The molecule has 0 radical (unpaired) electrons. The fourth-order valence-electron chi connectivity index (χ4n) is 1.12. The first kappa shape index (κ1) is 14.0. The third-order valence-corrected chi connectivity index (χ3v) is 2.86. The van der Waals surface area contributed by atoms with Gasteiger partial charge in [0.15, 0.2) is 5.75 Å². The van der Waals surface area contributed by atoms with E-state index in [2.05, 4.69) is 11.8 Å². The highest BCUT2D eigenvalue weighted by Gasteiger charge is 2.12. The fraction of sp³-hybridized carbons (Fsp3) is 0.182. The Bertz CT molecular complexity index is 638. The van der Waals surface area contributed by atoms with Crippen molar-refractivity contribution in [1.82, 2.24) is 0 Å². The zero-order valence-electron chi connectivity index (χ0n) is 9.27. The summed E-state index contributed by atoms with van der Waals surface area (Å²) < 4.78 is 38.0. The summed E-state index contributed by atoms with van der Waals surface area (Å²) in [5, 5.41) is 8.30. The first-order valence-electron chi connectivity index (χ1n) is 4.84. The van der Waals surface area contributed by atoms with Crippen molar-refractivity contribution in [3.8, 4) is 17.9 Å². The zero-order chi connectivity index (χ0) is 13.6. The second-order valence-electron chi connectivity index (χ2n) is 3.22. The van der Waals surface area contributed by atoms with Gasteiger partial charge in [-0.15, -0.1) is 0 Å². The Labute approximate surface area is 104 Å². The van der Waals surface area contributed by atoms with Crippen LogP contribution in [0.4, 0.5) is 10.1 Å². The molecule has 0 aliphatic rings. The van der Waals surface area contributed by atoms with Gasteiger partial charge >= 0.3 is 0 Å². The van der Waals surface area contributed by atoms with Crippen molar-refractivity contribution in [1.29, 1.82) is 5.26 Å². The Morgan fingerprint density at radius 3 is 2.72 bits per heavy atom. The van der Waals surface area contributed by atoms with Crippen LogP contribution in [0, 0.1) is 29.0 Å². The smallest absolute Gasteiger partial charge is 0.246 e. The summed E-state index contributed by atoms with van der Waals surface area (Å²) in [5.41, 5.74) is 5.34. The predicted octanol–water partition coefficient (Wildman–Crippen LogP) is 0.401. The van der Waals surface area contributed by atoms with Gasteiger partial charge in [-0.1, -0.05) is 11.8 Å². The van der Waals surface area contributed by atoms with Crippen LogP contribution in [0.5, 0.6) is 0 Å². The van der Waals surface area contributed by atoms with E-state index < -0.39 is 21.6 Å². The average molecular weight is 267 g/mol. The molecule has 7 heteroatoms. The van der Waals surface area contributed by atoms with E-state index in [1.165, 1.54) is 18.2 Å². The molecule has 0 aliphatic carbocycles. The SMILES string of the molecule is N#CCS(=O)(=O)Nc1ccc(C#CCN)cc1F. The van der Waals surface area contributed by atoms with Crippen LogP contribution in [0.15, 0.2) is 18.2 Å². The molecule has 0 amide bonds. The lowest BCUT2D eigenvalue weighted by atomic mass is 10.2. The third-order valence-electron chi connectivity index (χ3n) is 1.82. The minimum atomic E-state index is -3.84. The molecule has 3 N–H and O–H groups in total. The molecule has 0 bridgehead atoms. The first-order chi connectivity index (χ1) is 8.48. The Kier molecular flexibility index (Phi) is 4.67. The lowest BCUT2D eigenvalue weighted by Crippen LogP contribution is -2.16. The highest BCUT2D eigenvalue weighted by Crippen LogP contribution is 2.16. The topological polar surface area (TPSA) is 96.0 Å². The van der Waals surface area contributed by atoms with Crippen LogP contribution in [0.3, 0.4) is 0 Å². The molecule has 0 aliphatic heterocycles. The van der Waals surface area contributed by atoms with E-state index >= 15 is 0 Å². The number of nitrogens with zero attached hydrogens (tertiary/aromatic N) is 1. The summed E-state index contributed by atoms with van der Waals surface area (Å²) in [4.78, 5) is 0. The van der Waals surface area contributed by atoms with E-state index in [1.807, 2.05) is 4.72 Å². The quantitative estimate of drug-likeness (QED) is 0.775. The van der Waals surface area contributed by atoms with Gasteiger partial charge in [0.2, 0.25) is 10.0 Å². The molecule has 1 rings (SSSR count). The number of benzene rings is 1. The number of nitriles is 1. The summed E-state index contributed by atoms with van der Waals surface area (Å²) in [6.07, 6.45) is 0. The summed E-state index contributed by atoms with van der Waals surface area (Å²) >= 11 is 0. The van der Waals surface area contributed by atoms with E-state index in [0.717, 1.165) is 6.07 Å². The van der Waals surface area contributed by atoms with Crippen molar-refractivity contribution in [2.75, 3.05) is 17.0 Å². The van der Waals surface area contributed by atoms with Gasteiger partial charge in [0, 0.05) is 5.56 Å². The van der Waals surface area contributed by atoms with Gasteiger partial charge in [0.1, 0.15) is 5.82 Å². The number of hydrogen-bond acceptors (Lipinski definition) is 4. The predicted molar refractivity (Wildman–Crippen MR) is 65.4 cm³/mol. The van der Waals surface area contributed by atoms with Gasteiger partial charge in [-0.3, -0.25) is 4.72 Å². The van der Waals surface area contributed by atoms with Crippen molar-refractivity contribution in [3.63, 3.8) is 0 Å². The van der Waals surface area contributed by atoms with Crippen molar-refractivity contribution < 1.29 is 12.8 Å². The van der Waals surface area contributed by atoms with Crippen LogP contribution in [-0.2, 0) is 10.0 Å². The molecular formula is C11H10FN3O2S. The highest BCUT2D eigenvalue weighted by atomic mass is 32.2. The van der Waals surface area contributed by atoms with Crippen LogP contribution in [0.2, 0.25) is 0 Å². The summed E-state index contributed by atoms with van der Waals surface area (Å²) in [7, 11) is -3.84. The molecule has 1 aromatic rings. The number of sulfonamides is 1. The van der Waals surface area contributed by atoms with Crippen molar-refractivity contribution in [2.24, 2.45) is 5.73 Å². The van der Waals surface area contributed by atoms with Gasteiger partial charge in [-0.2, -0.15) is 5.26 Å². The van der Waals surface area contributed by atoms with Crippen molar-refractivity contribution in [3.05, 3.63) is 29.6 Å². The second kappa shape index (κ2) is 6.01. The molecule has 0 unspecified atom stereocenters. The van der Waals surface area contributed by atoms with Gasteiger partial charge in [-0.05, 0) is 18.2 Å². The molecule has 5 nitrogen and oxygen atoms in total. The molecule has 1 aromatic carbocycles. The number of rotatable bonds is 3. The molecule has 0 saturated heterocycles. The minimum absolute atomic E-state index is 0.151. The maximum atomic E-state index is 13.5. The maximum Gasteiger partial charge on any atom is 0.246 e. The molecule has 0 aromatic heterocycles. The summed E-state index contributed by atoms with van der Waals surface area (Å²) in [5.74, 6) is 3.67. The number of hydrogen-bond donors (Lipinski definition) is 2. The maximum absolute atomic E-state index is 13.5. The molecule has 18 heavy (non-hydrogen) atoms. The Hall–Kier alpha value is -2.09. The minimum Gasteiger partial charge on any atom is -0.320 e. The van der Waals surface area contributed by atoms with Crippen LogP contribution in [0.25, 0.3) is 0 Å². The lowest BCUT2D eigenvalue weighted by molar-refractivity contribution is 0.601. The largest absolute Gasteiger partial charge is 0.320 e. The number of nitrogens with one attached hydrogen (secondary N) is 1. The van der Waals surface area contributed by atoms with Gasteiger partial charge in [-0.25, -0.2) is 12.8 Å². The molecule has 0 atom stereocenters. The van der Waals surface area contributed by atoms with Gasteiger partial charge in [0.05, 0.1) is 18.3 Å². The summed E-state index contributed by atoms with van der Waals surface area (Å²) in [6.45, 7) is 0.151. The van der Waals surface area contributed by atoms with Crippen molar-refractivity contribution >= 4 is 15.7 Å². The number of anilines is 1. The number of nitrogens with two attached hydrogens (primary N) is 1. The molecule has 0 spiro atoms. The Morgan fingerprint density at radius 2 is 2.17 bits per heavy atom. The van der Waals surface area contributed by atoms with Crippen LogP contribution >= 0.6 is 0 Å². The van der Waals surface area contributed by atoms with E-state index in [4.69, 9.17) is 11.0 Å². The molecule has 94 valence electrons. The van der Waals surface area contributed by atoms with Crippen molar-refractivity contribution in [2.45, 2.75) is 0 Å². The normalized spacial score (nSPS) is 10.1. The molecular weight excluding hydrogens is 257 g/mol. The Morgan fingerprint density at radius 1 is 1.44 bits per heavy atom. The van der Waals surface area contributed by atoms with E-state index in [1.54, 1.807) is 0 Å². The second-order valence-corrected chi connectivity index (χ2v) is 4.94. The van der Waals surface area contributed by atoms with E-state index in [0.29, 0.717) is 5.56 Å². The standard InChI is InChI=1S/C11H10FN3O2S/c12-10-8-9(2-1-5-13)3-4-11(10)15-18(16,17)7-6-14/h3-4,8,15H,5,7,13H2. The number of halogens is 1. The fourth-order valence-corrected chi connectivity index (χ4v) is 1.86. The first-order valence-corrected chi connectivity index (χ1v) is 6.49. The van der Waals surface area contributed by atoms with E-state index in [9.17, 15) is 12.8 Å². The van der Waals surface area contributed by atoms with Crippen LogP contribution in [-0.4, -0.2) is 20.7 Å².